The first-order chi connectivity index (χ1) is 9.22. The Morgan fingerprint density at radius 2 is 1.89 bits per heavy atom. The first-order valence-corrected chi connectivity index (χ1v) is 6.66. The van der Waals surface area contributed by atoms with Gasteiger partial charge in [-0.1, -0.05) is 43.3 Å². The van der Waals surface area contributed by atoms with Crippen molar-refractivity contribution < 1.29 is 4.79 Å². The summed E-state index contributed by atoms with van der Waals surface area (Å²) in [6.07, 6.45) is 0.948. The fourth-order valence-electron chi connectivity index (χ4n) is 2.07. The Kier molecular flexibility index (Phi) is 4.35. The minimum atomic E-state index is -0.00251. The van der Waals surface area contributed by atoms with Crippen molar-refractivity contribution in [2.45, 2.75) is 20.3 Å². The van der Waals surface area contributed by atoms with Crippen LogP contribution < -0.4 is 5.32 Å². The molecule has 0 aliphatic rings. The summed E-state index contributed by atoms with van der Waals surface area (Å²) in [4.78, 5) is 12.0. The van der Waals surface area contributed by atoms with Crippen LogP contribution in [-0.4, -0.2) is 12.5 Å². The number of carbonyl (C=O) groups excluding carboxylic acids is 1. The molecule has 0 unspecified atom stereocenters. The second kappa shape index (κ2) is 6.19. The molecule has 98 valence electrons. The molecule has 2 heteroatoms. The van der Waals surface area contributed by atoms with E-state index in [1.165, 1.54) is 11.1 Å². The fourth-order valence-corrected chi connectivity index (χ4v) is 2.07. The van der Waals surface area contributed by atoms with E-state index in [0.717, 1.165) is 12.0 Å². The largest absolute Gasteiger partial charge is 0.352 e. The highest BCUT2D eigenvalue weighted by Crippen LogP contribution is 2.23. The summed E-state index contributed by atoms with van der Waals surface area (Å²) in [5.74, 6) is -0.00251. The summed E-state index contributed by atoms with van der Waals surface area (Å²) in [6.45, 7) is 4.84. The Hall–Kier alpha value is -2.09. The van der Waals surface area contributed by atoms with Crippen molar-refractivity contribution in [2.24, 2.45) is 0 Å². The number of benzene rings is 2. The summed E-state index contributed by atoms with van der Waals surface area (Å²) in [6, 6.07) is 16.0. The number of hydrogen-bond acceptors (Lipinski definition) is 1. The zero-order valence-corrected chi connectivity index (χ0v) is 11.4. The van der Waals surface area contributed by atoms with Crippen LogP contribution in [0.15, 0.2) is 48.5 Å². The van der Waals surface area contributed by atoms with E-state index in [4.69, 9.17) is 0 Å². The van der Waals surface area contributed by atoms with Crippen LogP contribution in [0.25, 0.3) is 11.1 Å². The zero-order valence-electron chi connectivity index (χ0n) is 11.4. The van der Waals surface area contributed by atoms with Crippen LogP contribution in [0.4, 0.5) is 0 Å². The van der Waals surface area contributed by atoms with Gasteiger partial charge in [0.25, 0.3) is 5.91 Å². The smallest absolute Gasteiger partial charge is 0.251 e. The molecular formula is C17H19NO. The Bertz CT molecular complexity index is 575. The van der Waals surface area contributed by atoms with Gasteiger partial charge in [0.05, 0.1) is 0 Å². The van der Waals surface area contributed by atoms with Gasteiger partial charge >= 0.3 is 0 Å². The van der Waals surface area contributed by atoms with Crippen molar-refractivity contribution in [2.75, 3.05) is 6.54 Å². The predicted octanol–water partition coefficient (Wildman–Crippen LogP) is 3.80. The lowest BCUT2D eigenvalue weighted by Crippen LogP contribution is -2.23. The van der Waals surface area contributed by atoms with Crippen molar-refractivity contribution in [1.29, 1.82) is 0 Å². The van der Waals surface area contributed by atoms with Crippen LogP contribution >= 0.6 is 0 Å². The monoisotopic (exact) mass is 253 g/mol. The van der Waals surface area contributed by atoms with E-state index in [1.54, 1.807) is 0 Å². The molecule has 0 atom stereocenters. The van der Waals surface area contributed by atoms with E-state index >= 15 is 0 Å². The normalized spacial score (nSPS) is 10.2. The summed E-state index contributed by atoms with van der Waals surface area (Å²) >= 11 is 0. The van der Waals surface area contributed by atoms with Gasteiger partial charge in [-0.05, 0) is 42.2 Å². The quantitative estimate of drug-likeness (QED) is 0.882. The number of nitrogens with one attached hydrogen (secondary N) is 1. The fraction of sp³-hybridized carbons (Fsp3) is 0.235. The average Bonchev–Trinajstić information content (AvgIpc) is 2.45. The summed E-state index contributed by atoms with van der Waals surface area (Å²) in [5.41, 5.74) is 4.19. The average molecular weight is 253 g/mol. The lowest BCUT2D eigenvalue weighted by atomic mass is 9.99. The van der Waals surface area contributed by atoms with E-state index < -0.39 is 0 Å². The van der Waals surface area contributed by atoms with Crippen molar-refractivity contribution in [3.63, 3.8) is 0 Å². The topological polar surface area (TPSA) is 29.1 Å². The maximum Gasteiger partial charge on any atom is 0.251 e. The third kappa shape index (κ3) is 3.22. The number of hydrogen-bond donors (Lipinski definition) is 1. The predicted molar refractivity (Wildman–Crippen MR) is 79.2 cm³/mol. The molecule has 0 aliphatic carbocycles. The Balaban J connectivity index is 2.30. The van der Waals surface area contributed by atoms with Crippen LogP contribution in [0.5, 0.6) is 0 Å². The van der Waals surface area contributed by atoms with Gasteiger partial charge in [-0.3, -0.25) is 4.79 Å². The maximum atomic E-state index is 12.0. The summed E-state index contributed by atoms with van der Waals surface area (Å²) < 4.78 is 0. The third-order valence-corrected chi connectivity index (χ3v) is 3.12. The van der Waals surface area contributed by atoms with Gasteiger partial charge in [0, 0.05) is 12.1 Å². The lowest BCUT2D eigenvalue weighted by molar-refractivity contribution is 0.0953. The van der Waals surface area contributed by atoms with Crippen LogP contribution in [0.3, 0.4) is 0 Å². The summed E-state index contributed by atoms with van der Waals surface area (Å²) in [5, 5.41) is 2.90. The maximum absolute atomic E-state index is 12.0. The Labute approximate surface area is 114 Å². The molecule has 0 saturated heterocycles. The Morgan fingerprint density at radius 1 is 1.11 bits per heavy atom. The van der Waals surface area contributed by atoms with Gasteiger partial charge < -0.3 is 5.32 Å². The van der Waals surface area contributed by atoms with Gasteiger partial charge in [0.2, 0.25) is 0 Å². The molecule has 19 heavy (non-hydrogen) atoms. The Morgan fingerprint density at radius 3 is 2.63 bits per heavy atom. The molecule has 2 aromatic rings. The molecule has 0 saturated carbocycles. The number of amides is 1. The highest BCUT2D eigenvalue weighted by molar-refractivity contribution is 5.95. The molecule has 2 nitrogen and oxygen atoms in total. The van der Waals surface area contributed by atoms with Crippen molar-refractivity contribution >= 4 is 5.91 Å². The molecular weight excluding hydrogens is 234 g/mol. The van der Waals surface area contributed by atoms with Crippen molar-refractivity contribution in [1.82, 2.24) is 5.32 Å². The standard InChI is InChI=1S/C17H19NO/c1-3-11-18-17(19)15-9-6-8-14(12-15)16-10-5-4-7-13(16)2/h4-10,12H,3,11H2,1-2H3,(H,18,19). The second-order valence-corrected chi connectivity index (χ2v) is 4.65. The van der Waals surface area contributed by atoms with E-state index in [2.05, 4.69) is 24.4 Å². The van der Waals surface area contributed by atoms with E-state index in [0.29, 0.717) is 12.1 Å². The summed E-state index contributed by atoms with van der Waals surface area (Å²) in [7, 11) is 0. The highest BCUT2D eigenvalue weighted by atomic mass is 16.1. The first kappa shape index (κ1) is 13.3. The molecule has 0 aliphatic heterocycles. The molecule has 2 rings (SSSR count). The molecule has 0 heterocycles. The molecule has 2 aromatic carbocycles. The van der Waals surface area contributed by atoms with Gasteiger partial charge in [0.15, 0.2) is 0 Å². The van der Waals surface area contributed by atoms with Crippen LogP contribution in [0, 0.1) is 6.92 Å². The SMILES string of the molecule is CCCNC(=O)c1cccc(-c2ccccc2C)c1. The number of rotatable bonds is 4. The molecule has 0 radical (unpaired) electrons. The van der Waals surface area contributed by atoms with E-state index in [-0.39, 0.29) is 5.91 Å². The second-order valence-electron chi connectivity index (χ2n) is 4.65. The highest BCUT2D eigenvalue weighted by Gasteiger charge is 2.07. The van der Waals surface area contributed by atoms with Crippen LogP contribution in [0.2, 0.25) is 0 Å². The van der Waals surface area contributed by atoms with Crippen molar-refractivity contribution in [3.8, 4) is 11.1 Å². The minimum Gasteiger partial charge on any atom is -0.352 e. The van der Waals surface area contributed by atoms with Gasteiger partial charge in [-0.25, -0.2) is 0 Å². The third-order valence-electron chi connectivity index (χ3n) is 3.12. The number of aryl methyl sites for hydroxylation is 1. The van der Waals surface area contributed by atoms with Gasteiger partial charge in [-0.2, -0.15) is 0 Å². The molecule has 1 N–H and O–H groups in total. The molecule has 0 bridgehead atoms. The minimum absolute atomic E-state index is 0.00251. The lowest BCUT2D eigenvalue weighted by Gasteiger charge is -2.08. The zero-order chi connectivity index (χ0) is 13.7. The number of carbonyl (C=O) groups is 1. The van der Waals surface area contributed by atoms with Gasteiger partial charge in [-0.15, -0.1) is 0 Å². The molecule has 0 spiro atoms. The van der Waals surface area contributed by atoms with Crippen molar-refractivity contribution in [3.05, 3.63) is 59.7 Å². The van der Waals surface area contributed by atoms with Crippen LogP contribution in [-0.2, 0) is 0 Å². The van der Waals surface area contributed by atoms with E-state index in [9.17, 15) is 4.79 Å². The molecule has 0 aromatic heterocycles. The molecule has 1 amide bonds. The first-order valence-electron chi connectivity index (χ1n) is 6.66. The van der Waals surface area contributed by atoms with Crippen LogP contribution in [0.1, 0.15) is 29.3 Å². The molecule has 0 fully saturated rings. The van der Waals surface area contributed by atoms with Gasteiger partial charge in [0.1, 0.15) is 0 Å². The van der Waals surface area contributed by atoms with E-state index in [1.807, 2.05) is 43.3 Å².